The number of halogens is 1. The lowest BCUT2D eigenvalue weighted by atomic mass is 10.1. The molecule has 1 heterocycles. The third kappa shape index (κ3) is 3.04. The highest BCUT2D eigenvalue weighted by Gasteiger charge is 2.23. The van der Waals surface area contributed by atoms with Crippen LogP contribution >= 0.6 is 0 Å². The summed E-state index contributed by atoms with van der Waals surface area (Å²) in [6.45, 7) is 4.29. The predicted octanol–water partition coefficient (Wildman–Crippen LogP) is 3.82. The van der Waals surface area contributed by atoms with Crippen molar-refractivity contribution in [1.82, 2.24) is 9.29 Å². The van der Waals surface area contributed by atoms with Crippen molar-refractivity contribution < 1.29 is 17.6 Å². The Balaban J connectivity index is 2.19. The second-order valence-electron chi connectivity index (χ2n) is 5.84. The lowest BCUT2D eigenvalue weighted by Gasteiger charge is -2.18. The number of hydrogen-bond donors (Lipinski definition) is 1. The van der Waals surface area contributed by atoms with Crippen LogP contribution in [0, 0.1) is 5.82 Å². The molecule has 0 amide bonds. The Kier molecular flexibility index (Phi) is 4.93. The van der Waals surface area contributed by atoms with Crippen LogP contribution in [-0.4, -0.2) is 37.1 Å². The van der Waals surface area contributed by atoms with Crippen LogP contribution in [-0.2, 0) is 10.0 Å². The number of nitrogens with zero attached hydrogens (tertiary/aromatic N) is 1. The van der Waals surface area contributed by atoms with Crippen molar-refractivity contribution in [2.75, 3.05) is 13.1 Å². The van der Waals surface area contributed by atoms with E-state index in [4.69, 9.17) is 0 Å². The topological polar surface area (TPSA) is 70.2 Å². The number of carbonyl (C=O) groups excluding carboxylic acids is 1. The number of H-pyrrole nitrogens is 1. The molecule has 1 aromatic heterocycles. The monoisotopic (exact) mass is 374 g/mol. The van der Waals surface area contributed by atoms with E-state index in [1.54, 1.807) is 32.0 Å². The average molecular weight is 374 g/mol. The SMILES string of the molecule is CCN(CC)S(=O)(=O)c1ccc2[nH]c(-c3ccc(F)cc3)c(C=O)c2c1. The Morgan fingerprint density at radius 3 is 2.31 bits per heavy atom. The number of aromatic nitrogens is 1. The van der Waals surface area contributed by atoms with Gasteiger partial charge in [0.25, 0.3) is 0 Å². The highest BCUT2D eigenvalue weighted by molar-refractivity contribution is 7.89. The minimum Gasteiger partial charge on any atom is -0.354 e. The van der Waals surface area contributed by atoms with Gasteiger partial charge in [-0.05, 0) is 48.0 Å². The quantitative estimate of drug-likeness (QED) is 0.667. The minimum atomic E-state index is -3.62. The fraction of sp³-hybridized carbons (Fsp3) is 0.211. The summed E-state index contributed by atoms with van der Waals surface area (Å²) < 4.78 is 40.0. The van der Waals surface area contributed by atoms with Gasteiger partial charge in [0.15, 0.2) is 6.29 Å². The van der Waals surface area contributed by atoms with Crippen LogP contribution in [0.3, 0.4) is 0 Å². The van der Waals surface area contributed by atoms with Gasteiger partial charge in [-0.2, -0.15) is 4.31 Å². The van der Waals surface area contributed by atoms with E-state index < -0.39 is 10.0 Å². The van der Waals surface area contributed by atoms with Gasteiger partial charge in [-0.1, -0.05) is 13.8 Å². The van der Waals surface area contributed by atoms with Crippen molar-refractivity contribution in [3.63, 3.8) is 0 Å². The Labute approximate surface area is 151 Å². The first-order valence-electron chi connectivity index (χ1n) is 8.29. The van der Waals surface area contributed by atoms with Crippen molar-refractivity contribution in [1.29, 1.82) is 0 Å². The molecule has 1 N–H and O–H groups in total. The molecule has 0 spiro atoms. The summed E-state index contributed by atoms with van der Waals surface area (Å²) in [7, 11) is -3.62. The molecule has 26 heavy (non-hydrogen) atoms. The highest BCUT2D eigenvalue weighted by Crippen LogP contribution is 2.31. The standard InChI is InChI=1S/C19H19FN2O3S/c1-3-22(4-2)26(24,25)15-9-10-18-16(11-15)17(12-23)19(21-18)13-5-7-14(20)8-6-13/h5-12,21H,3-4H2,1-2H3. The van der Waals surface area contributed by atoms with E-state index in [2.05, 4.69) is 4.98 Å². The number of benzene rings is 2. The fourth-order valence-corrected chi connectivity index (χ4v) is 4.52. The Hall–Kier alpha value is -2.51. The molecular formula is C19H19FN2O3S. The van der Waals surface area contributed by atoms with Crippen LogP contribution in [0.2, 0.25) is 0 Å². The van der Waals surface area contributed by atoms with Crippen LogP contribution in [0.4, 0.5) is 4.39 Å². The smallest absolute Gasteiger partial charge is 0.243 e. The molecule has 0 unspecified atom stereocenters. The number of hydrogen-bond acceptors (Lipinski definition) is 3. The molecule has 0 aliphatic heterocycles. The van der Waals surface area contributed by atoms with Crippen LogP contribution < -0.4 is 0 Å². The first-order valence-corrected chi connectivity index (χ1v) is 9.73. The van der Waals surface area contributed by atoms with E-state index >= 15 is 0 Å². The molecule has 0 fully saturated rings. The fourth-order valence-electron chi connectivity index (χ4n) is 3.03. The van der Waals surface area contributed by atoms with Crippen molar-refractivity contribution in [3.05, 3.63) is 53.8 Å². The van der Waals surface area contributed by atoms with E-state index in [0.29, 0.717) is 47.1 Å². The number of rotatable bonds is 6. The van der Waals surface area contributed by atoms with E-state index in [9.17, 15) is 17.6 Å². The van der Waals surface area contributed by atoms with Gasteiger partial charge in [0, 0.05) is 29.6 Å². The molecule has 0 atom stereocenters. The zero-order valence-electron chi connectivity index (χ0n) is 14.5. The van der Waals surface area contributed by atoms with E-state index in [1.807, 2.05) is 0 Å². The Morgan fingerprint density at radius 2 is 1.73 bits per heavy atom. The summed E-state index contributed by atoms with van der Waals surface area (Å²) in [4.78, 5) is 15.0. The zero-order valence-corrected chi connectivity index (χ0v) is 15.3. The molecule has 5 nitrogen and oxygen atoms in total. The van der Waals surface area contributed by atoms with Gasteiger partial charge in [-0.3, -0.25) is 4.79 Å². The second-order valence-corrected chi connectivity index (χ2v) is 7.77. The molecule has 7 heteroatoms. The predicted molar refractivity (Wildman–Crippen MR) is 99.2 cm³/mol. The molecule has 3 aromatic rings. The molecule has 0 saturated heterocycles. The van der Waals surface area contributed by atoms with E-state index in [1.165, 1.54) is 28.6 Å². The number of aldehydes is 1. The Morgan fingerprint density at radius 1 is 1.08 bits per heavy atom. The van der Waals surface area contributed by atoms with Crippen LogP contribution in [0.1, 0.15) is 24.2 Å². The molecular weight excluding hydrogens is 355 g/mol. The number of carbonyl (C=O) groups is 1. The minimum absolute atomic E-state index is 0.140. The average Bonchev–Trinajstić information content (AvgIpc) is 3.00. The number of aromatic amines is 1. The molecule has 136 valence electrons. The van der Waals surface area contributed by atoms with Gasteiger partial charge in [-0.15, -0.1) is 0 Å². The summed E-state index contributed by atoms with van der Waals surface area (Å²) in [5.74, 6) is -0.370. The molecule has 0 aliphatic carbocycles. The number of nitrogens with one attached hydrogen (secondary N) is 1. The molecule has 0 bridgehead atoms. The number of sulfonamides is 1. The molecule has 2 aromatic carbocycles. The Bertz CT molecular complexity index is 1050. The largest absolute Gasteiger partial charge is 0.354 e. The second kappa shape index (κ2) is 7.01. The molecule has 3 rings (SSSR count). The first kappa shape index (κ1) is 18.3. The first-order chi connectivity index (χ1) is 12.4. The summed E-state index contributed by atoms with van der Waals surface area (Å²) in [6, 6.07) is 10.4. The van der Waals surface area contributed by atoms with E-state index in [-0.39, 0.29) is 10.7 Å². The van der Waals surface area contributed by atoms with Gasteiger partial charge in [-0.25, -0.2) is 12.8 Å². The zero-order chi connectivity index (χ0) is 18.9. The normalized spacial score (nSPS) is 12.0. The van der Waals surface area contributed by atoms with Gasteiger partial charge in [0.05, 0.1) is 10.6 Å². The van der Waals surface area contributed by atoms with Gasteiger partial charge >= 0.3 is 0 Å². The van der Waals surface area contributed by atoms with E-state index in [0.717, 1.165) is 0 Å². The molecule has 0 radical (unpaired) electrons. The summed E-state index contributed by atoms with van der Waals surface area (Å²) in [5.41, 5.74) is 2.18. The van der Waals surface area contributed by atoms with Crippen LogP contribution in [0.15, 0.2) is 47.4 Å². The lowest BCUT2D eigenvalue weighted by Crippen LogP contribution is -2.30. The van der Waals surface area contributed by atoms with Crippen LogP contribution in [0.5, 0.6) is 0 Å². The third-order valence-electron chi connectivity index (χ3n) is 4.40. The summed E-state index contributed by atoms with van der Waals surface area (Å²) in [5, 5.41) is 0.521. The highest BCUT2D eigenvalue weighted by atomic mass is 32.2. The number of fused-ring (bicyclic) bond motifs is 1. The van der Waals surface area contributed by atoms with Gasteiger partial charge < -0.3 is 4.98 Å². The van der Waals surface area contributed by atoms with Crippen molar-refractivity contribution >= 4 is 27.2 Å². The summed E-state index contributed by atoms with van der Waals surface area (Å²) in [6.07, 6.45) is 0.686. The molecule has 0 aliphatic rings. The van der Waals surface area contributed by atoms with Gasteiger partial charge in [0.2, 0.25) is 10.0 Å². The third-order valence-corrected chi connectivity index (χ3v) is 6.45. The van der Waals surface area contributed by atoms with Crippen molar-refractivity contribution in [2.24, 2.45) is 0 Å². The maximum atomic E-state index is 13.2. The molecule has 0 saturated carbocycles. The van der Waals surface area contributed by atoms with Crippen molar-refractivity contribution in [2.45, 2.75) is 18.7 Å². The van der Waals surface area contributed by atoms with Crippen LogP contribution in [0.25, 0.3) is 22.2 Å². The van der Waals surface area contributed by atoms with Gasteiger partial charge in [0.1, 0.15) is 5.82 Å². The maximum absolute atomic E-state index is 13.2. The lowest BCUT2D eigenvalue weighted by molar-refractivity contribution is 0.112. The van der Waals surface area contributed by atoms with Crippen molar-refractivity contribution in [3.8, 4) is 11.3 Å². The maximum Gasteiger partial charge on any atom is 0.243 e. The summed E-state index contributed by atoms with van der Waals surface area (Å²) >= 11 is 0.